The third-order valence-corrected chi connectivity index (χ3v) is 4.70. The first kappa shape index (κ1) is 24.1. The number of hydrogen-bond donors (Lipinski definition) is 1. The van der Waals surface area contributed by atoms with Crippen LogP contribution in [-0.2, 0) is 16.1 Å². The number of hydrogen-bond acceptors (Lipinski definition) is 5. The van der Waals surface area contributed by atoms with Crippen LogP contribution >= 0.6 is 0 Å². The molecule has 2 rings (SSSR count). The highest BCUT2D eigenvalue weighted by Crippen LogP contribution is 2.27. The molecule has 0 radical (unpaired) electrons. The fourth-order valence-electron chi connectivity index (χ4n) is 3.17. The lowest BCUT2D eigenvalue weighted by molar-refractivity contribution is -0.143. The Kier molecular flexibility index (Phi) is 9.18. The Balaban J connectivity index is 2.21. The first-order chi connectivity index (χ1) is 14.9. The molecule has 2 amide bonds. The summed E-state index contributed by atoms with van der Waals surface area (Å²) in [6.07, 6.45) is 0.490. The van der Waals surface area contributed by atoms with Gasteiger partial charge in [0, 0.05) is 30.8 Å². The molecule has 0 aliphatic heterocycles. The van der Waals surface area contributed by atoms with E-state index in [0.29, 0.717) is 30.2 Å². The van der Waals surface area contributed by atoms with E-state index in [9.17, 15) is 9.59 Å². The fourth-order valence-corrected chi connectivity index (χ4v) is 3.17. The fraction of sp³-hybridized carbons (Fsp3) is 0.417. The van der Waals surface area contributed by atoms with Gasteiger partial charge in [-0.2, -0.15) is 0 Å². The lowest BCUT2D eigenvalue weighted by Crippen LogP contribution is -2.51. The van der Waals surface area contributed by atoms with Gasteiger partial charge in [-0.15, -0.1) is 0 Å². The van der Waals surface area contributed by atoms with E-state index in [1.807, 2.05) is 51.1 Å². The third-order valence-electron chi connectivity index (χ3n) is 4.70. The van der Waals surface area contributed by atoms with Gasteiger partial charge in [0.25, 0.3) is 5.91 Å². The van der Waals surface area contributed by atoms with Gasteiger partial charge < -0.3 is 24.4 Å². The summed E-state index contributed by atoms with van der Waals surface area (Å²) in [5.74, 6) is 1.11. The first-order valence-electron chi connectivity index (χ1n) is 10.4. The first-order valence-corrected chi connectivity index (χ1v) is 10.4. The second kappa shape index (κ2) is 11.8. The summed E-state index contributed by atoms with van der Waals surface area (Å²) in [5.41, 5.74) is 0.940. The molecule has 7 nitrogen and oxygen atoms in total. The van der Waals surface area contributed by atoms with Crippen LogP contribution in [0.15, 0.2) is 48.5 Å². The Morgan fingerprint density at radius 1 is 0.968 bits per heavy atom. The second-order valence-corrected chi connectivity index (χ2v) is 7.43. The molecule has 0 bridgehead atoms. The molecule has 1 atom stereocenters. The molecular weight excluding hydrogens is 396 g/mol. The largest absolute Gasteiger partial charge is 0.496 e. The summed E-state index contributed by atoms with van der Waals surface area (Å²) < 4.78 is 16.2. The molecule has 7 heteroatoms. The minimum Gasteiger partial charge on any atom is -0.496 e. The Labute approximate surface area is 184 Å². The average molecular weight is 429 g/mol. The number of nitrogens with one attached hydrogen (secondary N) is 1. The molecule has 2 aromatic carbocycles. The van der Waals surface area contributed by atoms with Crippen molar-refractivity contribution in [2.75, 3.05) is 20.8 Å². The molecular formula is C24H32N2O5. The van der Waals surface area contributed by atoms with Gasteiger partial charge in [-0.05, 0) is 25.8 Å². The Bertz CT molecular complexity index is 832. The number of methoxy groups -OCH3 is 2. The summed E-state index contributed by atoms with van der Waals surface area (Å²) in [5, 5.41) is 2.91. The predicted molar refractivity (Wildman–Crippen MR) is 119 cm³/mol. The van der Waals surface area contributed by atoms with E-state index in [1.165, 1.54) is 0 Å². The molecule has 0 aliphatic carbocycles. The molecule has 31 heavy (non-hydrogen) atoms. The zero-order valence-electron chi connectivity index (χ0n) is 18.9. The summed E-state index contributed by atoms with van der Waals surface area (Å²) in [6, 6.07) is 14.1. The van der Waals surface area contributed by atoms with Gasteiger partial charge >= 0.3 is 0 Å². The summed E-state index contributed by atoms with van der Waals surface area (Å²) >= 11 is 0. The van der Waals surface area contributed by atoms with Crippen molar-refractivity contribution in [3.63, 3.8) is 0 Å². The normalized spacial score (nSPS) is 11.5. The van der Waals surface area contributed by atoms with Gasteiger partial charge in [0.15, 0.2) is 6.61 Å². The smallest absolute Gasteiger partial charge is 0.261 e. The van der Waals surface area contributed by atoms with Gasteiger partial charge in [0.05, 0.1) is 14.2 Å². The number of amides is 2. The summed E-state index contributed by atoms with van der Waals surface area (Å²) in [7, 11) is 3.09. The number of ether oxygens (including phenoxy) is 3. The maximum Gasteiger partial charge on any atom is 0.261 e. The van der Waals surface area contributed by atoms with Crippen LogP contribution in [0, 0.1) is 0 Å². The van der Waals surface area contributed by atoms with Crippen molar-refractivity contribution in [1.29, 1.82) is 0 Å². The van der Waals surface area contributed by atoms with Gasteiger partial charge in [0.2, 0.25) is 5.91 Å². The van der Waals surface area contributed by atoms with Crippen molar-refractivity contribution >= 4 is 11.8 Å². The van der Waals surface area contributed by atoms with Gasteiger partial charge in [-0.3, -0.25) is 9.59 Å². The lowest BCUT2D eigenvalue weighted by Gasteiger charge is -2.31. The SMILES string of the molecule is CC[C@H](C(=O)NC(C)C)N(Cc1ccccc1)C(=O)COc1cc(OC)cc(OC)c1. The third kappa shape index (κ3) is 7.20. The van der Waals surface area contributed by atoms with Crippen molar-refractivity contribution in [1.82, 2.24) is 10.2 Å². The van der Waals surface area contributed by atoms with Crippen molar-refractivity contribution in [3.05, 3.63) is 54.1 Å². The van der Waals surface area contributed by atoms with E-state index in [1.54, 1.807) is 37.3 Å². The van der Waals surface area contributed by atoms with E-state index in [-0.39, 0.29) is 24.5 Å². The molecule has 0 heterocycles. The molecule has 0 saturated carbocycles. The Hall–Kier alpha value is -3.22. The highest BCUT2D eigenvalue weighted by molar-refractivity contribution is 5.88. The van der Waals surface area contributed by atoms with Crippen LogP contribution in [0.2, 0.25) is 0 Å². The quantitative estimate of drug-likeness (QED) is 0.594. The predicted octanol–water partition coefficient (Wildman–Crippen LogP) is 3.41. The molecule has 0 fully saturated rings. The Morgan fingerprint density at radius 2 is 1.55 bits per heavy atom. The van der Waals surface area contributed by atoms with Gasteiger partial charge in [0.1, 0.15) is 23.3 Å². The van der Waals surface area contributed by atoms with Crippen molar-refractivity contribution < 1.29 is 23.8 Å². The van der Waals surface area contributed by atoms with Crippen LogP contribution in [0.3, 0.4) is 0 Å². The number of nitrogens with zero attached hydrogens (tertiary/aromatic N) is 1. The van der Waals surface area contributed by atoms with E-state index in [0.717, 1.165) is 5.56 Å². The highest BCUT2D eigenvalue weighted by Gasteiger charge is 2.29. The van der Waals surface area contributed by atoms with Crippen LogP contribution in [0.1, 0.15) is 32.8 Å². The van der Waals surface area contributed by atoms with Crippen molar-refractivity contribution in [2.45, 2.75) is 45.8 Å². The van der Waals surface area contributed by atoms with E-state index in [4.69, 9.17) is 14.2 Å². The highest BCUT2D eigenvalue weighted by atomic mass is 16.5. The second-order valence-electron chi connectivity index (χ2n) is 7.43. The minimum absolute atomic E-state index is 0.0178. The lowest BCUT2D eigenvalue weighted by atomic mass is 10.1. The molecule has 1 N–H and O–H groups in total. The standard InChI is InChI=1S/C24H32N2O5/c1-6-22(24(28)25-17(2)3)26(15-18-10-8-7-9-11-18)23(27)16-31-21-13-19(29-4)12-20(14-21)30-5/h7-14,17,22H,6,15-16H2,1-5H3,(H,25,28)/t22-/m1/s1. The molecule has 0 unspecified atom stereocenters. The average Bonchev–Trinajstić information content (AvgIpc) is 2.77. The topological polar surface area (TPSA) is 77.1 Å². The zero-order valence-corrected chi connectivity index (χ0v) is 18.9. The minimum atomic E-state index is -0.599. The molecule has 2 aromatic rings. The maximum absolute atomic E-state index is 13.2. The molecule has 0 aliphatic rings. The number of carbonyl (C=O) groups is 2. The number of carbonyl (C=O) groups excluding carboxylic acids is 2. The van der Waals surface area contributed by atoms with Crippen LogP contribution in [-0.4, -0.2) is 49.6 Å². The summed E-state index contributed by atoms with van der Waals surface area (Å²) in [4.78, 5) is 27.5. The van der Waals surface area contributed by atoms with E-state index >= 15 is 0 Å². The monoisotopic (exact) mass is 428 g/mol. The van der Waals surface area contributed by atoms with Crippen LogP contribution in [0.5, 0.6) is 17.2 Å². The molecule has 0 saturated heterocycles. The summed E-state index contributed by atoms with van der Waals surface area (Å²) in [6.45, 7) is 5.78. The zero-order chi connectivity index (χ0) is 22.8. The molecule has 168 valence electrons. The van der Waals surface area contributed by atoms with E-state index in [2.05, 4.69) is 5.32 Å². The van der Waals surface area contributed by atoms with E-state index < -0.39 is 6.04 Å². The van der Waals surface area contributed by atoms with Crippen molar-refractivity contribution in [3.8, 4) is 17.2 Å². The maximum atomic E-state index is 13.2. The molecule has 0 aromatic heterocycles. The Morgan fingerprint density at radius 3 is 2.06 bits per heavy atom. The van der Waals surface area contributed by atoms with Crippen LogP contribution in [0.25, 0.3) is 0 Å². The number of rotatable bonds is 11. The van der Waals surface area contributed by atoms with Gasteiger partial charge in [-0.1, -0.05) is 37.3 Å². The van der Waals surface area contributed by atoms with Crippen LogP contribution < -0.4 is 19.5 Å². The van der Waals surface area contributed by atoms with Crippen molar-refractivity contribution in [2.24, 2.45) is 0 Å². The van der Waals surface area contributed by atoms with Crippen LogP contribution in [0.4, 0.5) is 0 Å². The van der Waals surface area contributed by atoms with Gasteiger partial charge in [-0.25, -0.2) is 0 Å². The molecule has 0 spiro atoms. The number of benzene rings is 2.